The van der Waals surface area contributed by atoms with E-state index in [1.165, 1.54) is 45.6 Å². The fraction of sp³-hybridized carbons (Fsp3) is 0.384. The summed E-state index contributed by atoms with van der Waals surface area (Å²) in [7, 11) is 0. The zero-order valence-electron chi connectivity index (χ0n) is 56.5. The second kappa shape index (κ2) is 45.7. The SMILES string of the molecule is C.C.C.C.C.C.C.CC(Oc1ccc2ncc(Br)n2n1)c1c(OCCN(C(=O)OC(C)(C)C)C(=O)OC(C)(C)C)ccc(F)c1Cl.CC(Oc1ccc2ncc(Br)n2n1)c1c(OCCN)ccc(F)c1Cl.CC1Oc2ccc3ncc(n3n2)C(=O)NCCOc2ccc(F)c(Cl)c21.ClCCl.Clc1ccc2ncc(Br)n2n1. The molecule has 11 aromatic rings. The number of nitrogens with one attached hydrogen (secondary N) is 1. The van der Waals surface area contributed by atoms with Crippen molar-refractivity contribution in [3.63, 3.8) is 0 Å². The Morgan fingerprint density at radius 1 is 0.595 bits per heavy atom. The average Bonchev–Trinajstić information content (AvgIpc) is 1.69. The molecule has 3 amide bonds. The molecule has 0 saturated carbocycles. The summed E-state index contributed by atoms with van der Waals surface area (Å²) in [6, 6.07) is 21.6. The number of fused-ring (bicyclic) bond motifs is 5. The highest BCUT2D eigenvalue weighted by Gasteiger charge is 2.32. The minimum Gasteiger partial charge on any atom is -0.492 e. The molecule has 1 aliphatic rings. The number of benzene rings is 3. The second-order valence-corrected chi connectivity index (χ2v) is 28.3. The Kier molecular flexibility index (Phi) is 41.6. The first-order valence-electron chi connectivity index (χ1n) is 31.0. The van der Waals surface area contributed by atoms with Gasteiger partial charge in [0.2, 0.25) is 17.6 Å². The van der Waals surface area contributed by atoms with Crippen molar-refractivity contribution in [2.24, 2.45) is 5.73 Å². The highest BCUT2D eigenvalue weighted by Crippen LogP contribution is 2.40. The zero-order chi connectivity index (χ0) is 75.9. The lowest BCUT2D eigenvalue weighted by atomic mass is 10.1. The predicted molar refractivity (Wildman–Crippen MR) is 442 cm³/mol. The topological polar surface area (TPSA) is 287 Å². The van der Waals surface area contributed by atoms with Crippen molar-refractivity contribution >= 4 is 158 Å². The van der Waals surface area contributed by atoms with Gasteiger partial charge in [-0.2, -0.15) is 5.10 Å². The van der Waals surface area contributed by atoms with Crippen molar-refractivity contribution < 1.29 is 65.4 Å². The van der Waals surface area contributed by atoms with E-state index in [-0.39, 0.29) is 140 Å². The first-order chi connectivity index (χ1) is 49.3. The van der Waals surface area contributed by atoms with Gasteiger partial charge in [-0.25, -0.2) is 65.7 Å². The van der Waals surface area contributed by atoms with Gasteiger partial charge in [0.05, 0.1) is 75.0 Å². The summed E-state index contributed by atoms with van der Waals surface area (Å²) in [5, 5.41) is 20.1. The van der Waals surface area contributed by atoms with Gasteiger partial charge in [0.15, 0.2) is 28.3 Å². The Bertz CT molecular complexity index is 4820. The molecule has 26 nitrogen and oxygen atoms in total. The molecule has 3 unspecified atom stereocenters. The average molecular weight is 1870 g/mol. The highest BCUT2D eigenvalue weighted by atomic mass is 79.9. The van der Waals surface area contributed by atoms with Gasteiger partial charge in [-0.05, 0) is 177 Å². The van der Waals surface area contributed by atoms with Crippen LogP contribution < -0.4 is 39.5 Å². The van der Waals surface area contributed by atoms with E-state index < -0.39 is 59.2 Å². The molecule has 9 heterocycles. The number of nitrogens with zero attached hydrogens (tertiary/aromatic N) is 13. The van der Waals surface area contributed by atoms with E-state index in [2.05, 4.69) is 93.4 Å². The van der Waals surface area contributed by atoms with Crippen LogP contribution in [0.1, 0.15) is 160 Å². The molecule has 0 radical (unpaired) electrons. The van der Waals surface area contributed by atoms with E-state index in [0.29, 0.717) is 66.4 Å². The Balaban J connectivity index is 0.000000757. The van der Waals surface area contributed by atoms with Crippen molar-refractivity contribution in [3.8, 4) is 34.9 Å². The summed E-state index contributed by atoms with van der Waals surface area (Å²) >= 11 is 43.8. The van der Waals surface area contributed by atoms with Gasteiger partial charge in [0.25, 0.3) is 5.91 Å². The number of hydrogen-bond donors (Lipinski definition) is 2. The quantitative estimate of drug-likeness (QED) is 0.101. The van der Waals surface area contributed by atoms with Crippen molar-refractivity contribution in [2.75, 3.05) is 44.8 Å². The molecule has 3 aromatic carbocycles. The molecule has 1 aliphatic heterocycles. The van der Waals surface area contributed by atoms with Gasteiger partial charge in [-0.1, -0.05) is 98.4 Å². The number of halogens is 12. The first-order valence-corrected chi connectivity index (χ1v) is 35.9. The van der Waals surface area contributed by atoms with Gasteiger partial charge in [-0.15, -0.1) is 38.5 Å². The lowest BCUT2D eigenvalue weighted by Gasteiger charge is -2.28. The highest BCUT2D eigenvalue weighted by molar-refractivity contribution is 9.11. The lowest BCUT2D eigenvalue weighted by molar-refractivity contribution is -0.000799. The number of aromatic nitrogens is 12. The van der Waals surface area contributed by atoms with Gasteiger partial charge in [0, 0.05) is 24.7 Å². The molecule has 3 atom stereocenters. The number of alkyl halides is 2. The van der Waals surface area contributed by atoms with Crippen molar-refractivity contribution in [3.05, 3.63) is 184 Å². The van der Waals surface area contributed by atoms with E-state index >= 15 is 0 Å². The molecular formula is C73H93Br3Cl6F3N15O11. The fourth-order valence-corrected chi connectivity index (χ4v) is 11.4. The first kappa shape index (κ1) is 101. The van der Waals surface area contributed by atoms with Crippen molar-refractivity contribution in [1.82, 2.24) is 68.6 Å². The number of nitrogens with two attached hydrogens (primary N) is 1. The normalized spacial score (nSPS) is 12.5. The third-order valence-electron chi connectivity index (χ3n) is 13.7. The molecular weight excluding hydrogens is 1770 g/mol. The standard InChI is InChI=1S/C26H31BrClFN4O6.C17H14ClFN4O3.C16H15BrClFN4O2.C6H3BrClN3.CH2Cl2.7CH4/c1-15(37-20-11-10-19-30-14-18(27)33(19)31-20)21-17(9-8-16(29)22(21)28)36-13-12-32(23(34)38-25(2,3)4)24(35)39-26(5,6)7;1-9-15-12(3-2-10(19)16(15)18)25-7-6-20-17(24)11-8-21-13-4-5-14(26-9)22-23(11)13;1-9(15-11(24-7-6-20)3-2-10(19)16(15)18)25-14-5-4-13-21-8-12(17)23(13)22-14;7-4-3-9-6-2-1-5(8)10-11(4)6;2-1-3;;;;;;;/h8-11,14-15H,12-13H2,1-7H3;2-5,8-9H,6-7H2,1H3,(H,20,24);2-5,8-9H,6-7,20H2,1H3;1-3H;1H2;7*1H4. The molecule has 8 aromatic heterocycles. The van der Waals surface area contributed by atoms with Crippen molar-refractivity contribution in [2.45, 2.75) is 144 Å². The van der Waals surface area contributed by atoms with E-state index in [1.54, 1.807) is 138 Å². The number of carbonyl (C=O) groups is 3. The molecule has 0 fully saturated rings. The van der Waals surface area contributed by atoms with Crippen LogP contribution in [0.15, 0.2) is 124 Å². The van der Waals surface area contributed by atoms with E-state index in [1.807, 2.05) is 0 Å². The lowest BCUT2D eigenvalue weighted by Crippen LogP contribution is -2.45. The predicted octanol–water partition coefficient (Wildman–Crippen LogP) is 21.5. The minimum atomic E-state index is -0.887. The monoisotopic (exact) mass is 1860 g/mol. The number of imidazole rings is 4. The Hall–Kier alpha value is -7.92. The van der Waals surface area contributed by atoms with Crippen LogP contribution in [0.25, 0.3) is 22.6 Å². The van der Waals surface area contributed by atoms with Gasteiger partial charge < -0.3 is 48.9 Å². The number of ether oxygens (including phenoxy) is 8. The van der Waals surface area contributed by atoms with Crippen LogP contribution in [0.2, 0.25) is 20.2 Å². The van der Waals surface area contributed by atoms with Crippen LogP contribution in [0.4, 0.5) is 22.8 Å². The summed E-state index contributed by atoms with van der Waals surface area (Å²) in [6.45, 7) is 15.9. The second-order valence-electron chi connectivity index (χ2n) is 23.5. The maximum Gasteiger partial charge on any atom is 0.419 e. The van der Waals surface area contributed by atoms with E-state index in [4.69, 9.17) is 113 Å². The smallest absolute Gasteiger partial charge is 0.419 e. The number of rotatable bonds is 13. The molecule has 2 bridgehead atoms. The number of carbonyl (C=O) groups excluding carboxylic acids is 3. The number of amides is 3. The van der Waals surface area contributed by atoms with Crippen LogP contribution >= 0.6 is 117 Å². The van der Waals surface area contributed by atoms with Crippen LogP contribution in [0.5, 0.6) is 34.9 Å². The summed E-state index contributed by atoms with van der Waals surface area (Å²) in [6.07, 6.45) is 2.56. The third kappa shape index (κ3) is 27.1. The third-order valence-corrected chi connectivity index (χ3v) is 16.6. The fourth-order valence-electron chi connectivity index (χ4n) is 9.28. The largest absolute Gasteiger partial charge is 0.492 e. The van der Waals surface area contributed by atoms with Crippen LogP contribution in [0.3, 0.4) is 0 Å². The van der Waals surface area contributed by atoms with Crippen LogP contribution in [-0.2, 0) is 9.47 Å². The summed E-state index contributed by atoms with van der Waals surface area (Å²) in [5.74, 6) is -0.293. The molecule has 38 heteroatoms. The summed E-state index contributed by atoms with van der Waals surface area (Å²) in [5.41, 5.74) is 7.63. The number of hydrogen-bond acceptors (Lipinski definition) is 20. The minimum absolute atomic E-state index is 0. The van der Waals surface area contributed by atoms with E-state index in [0.717, 1.165) is 21.2 Å². The van der Waals surface area contributed by atoms with Gasteiger partial charge >= 0.3 is 12.2 Å². The number of imide groups is 1. The van der Waals surface area contributed by atoms with E-state index in [9.17, 15) is 27.6 Å². The maximum atomic E-state index is 14.4. The zero-order valence-corrected chi connectivity index (χ0v) is 65.8. The molecule has 0 saturated heterocycles. The molecule has 3 N–H and O–H groups in total. The molecule has 0 aliphatic carbocycles. The maximum absolute atomic E-state index is 14.4. The summed E-state index contributed by atoms with van der Waals surface area (Å²) in [4.78, 5) is 55.2. The van der Waals surface area contributed by atoms with Gasteiger partial charge in [-0.3, -0.25) is 4.79 Å². The Morgan fingerprint density at radius 3 is 1.48 bits per heavy atom. The molecule has 12 rings (SSSR count). The van der Waals surface area contributed by atoms with Crippen LogP contribution in [-0.4, -0.2) is 137 Å². The van der Waals surface area contributed by atoms with Gasteiger partial charge in [0.1, 0.15) is 103 Å². The van der Waals surface area contributed by atoms with Crippen LogP contribution in [0, 0.1) is 17.5 Å². The molecule has 0 spiro atoms. The Labute approximate surface area is 699 Å². The molecule has 111 heavy (non-hydrogen) atoms. The summed E-state index contributed by atoms with van der Waals surface area (Å²) < 4.78 is 96.0. The molecule has 610 valence electrons. The van der Waals surface area contributed by atoms with Crippen molar-refractivity contribution in [1.29, 1.82) is 0 Å². The Morgan fingerprint density at radius 2 is 1.01 bits per heavy atom.